The molecule has 0 aliphatic heterocycles. The van der Waals surface area contributed by atoms with E-state index in [9.17, 15) is 0 Å². The number of hydrogen-bond acceptors (Lipinski definition) is 4. The summed E-state index contributed by atoms with van der Waals surface area (Å²) in [6.07, 6.45) is 1.65. The molecule has 0 spiro atoms. The van der Waals surface area contributed by atoms with E-state index >= 15 is 0 Å². The molecule has 0 fully saturated rings. The standard InChI is InChI=1S/C15H29N5O/c1-7-16-14(19-15(4,5)6)17-10-8-9-12-18-13(11(2)3)20-21-12/h11H,7-10H2,1-6H3,(H2,16,17,19). The summed E-state index contributed by atoms with van der Waals surface area (Å²) in [4.78, 5) is 8.93. The maximum Gasteiger partial charge on any atom is 0.226 e. The van der Waals surface area contributed by atoms with Crippen molar-refractivity contribution in [3.05, 3.63) is 11.7 Å². The first-order valence-electron chi connectivity index (χ1n) is 7.70. The molecule has 0 atom stereocenters. The van der Waals surface area contributed by atoms with Crippen molar-refractivity contribution < 1.29 is 4.52 Å². The summed E-state index contributed by atoms with van der Waals surface area (Å²) >= 11 is 0. The van der Waals surface area contributed by atoms with E-state index < -0.39 is 0 Å². The lowest BCUT2D eigenvalue weighted by molar-refractivity contribution is 0.369. The van der Waals surface area contributed by atoms with Crippen molar-refractivity contribution in [2.45, 2.75) is 65.8 Å². The largest absolute Gasteiger partial charge is 0.357 e. The Morgan fingerprint density at radius 3 is 2.57 bits per heavy atom. The summed E-state index contributed by atoms with van der Waals surface area (Å²) in [6, 6.07) is 0. The zero-order valence-electron chi connectivity index (χ0n) is 14.2. The van der Waals surface area contributed by atoms with Gasteiger partial charge in [0.25, 0.3) is 0 Å². The van der Waals surface area contributed by atoms with Gasteiger partial charge in [0.1, 0.15) is 0 Å². The second-order valence-corrected chi connectivity index (χ2v) is 6.44. The molecule has 0 amide bonds. The van der Waals surface area contributed by atoms with E-state index in [1.807, 2.05) is 0 Å². The molecule has 6 nitrogen and oxygen atoms in total. The molecule has 1 rings (SSSR count). The molecule has 1 aromatic rings. The summed E-state index contributed by atoms with van der Waals surface area (Å²) in [5, 5.41) is 10.6. The van der Waals surface area contributed by atoms with Crippen LogP contribution in [-0.4, -0.2) is 34.7 Å². The van der Waals surface area contributed by atoms with Crippen molar-refractivity contribution in [1.29, 1.82) is 0 Å². The Morgan fingerprint density at radius 1 is 1.33 bits per heavy atom. The van der Waals surface area contributed by atoms with E-state index in [2.05, 4.69) is 67.3 Å². The molecule has 120 valence electrons. The first-order valence-corrected chi connectivity index (χ1v) is 7.70. The lowest BCUT2D eigenvalue weighted by atomic mass is 10.1. The van der Waals surface area contributed by atoms with Gasteiger partial charge in [-0.3, -0.25) is 4.99 Å². The van der Waals surface area contributed by atoms with Crippen LogP contribution in [0, 0.1) is 0 Å². The molecular formula is C15H29N5O. The van der Waals surface area contributed by atoms with Crippen LogP contribution in [0.1, 0.15) is 65.6 Å². The van der Waals surface area contributed by atoms with E-state index in [1.165, 1.54) is 0 Å². The first kappa shape index (κ1) is 17.5. The average Bonchev–Trinajstić information content (AvgIpc) is 2.82. The topological polar surface area (TPSA) is 75.3 Å². The molecular weight excluding hydrogens is 266 g/mol. The summed E-state index contributed by atoms with van der Waals surface area (Å²) in [7, 11) is 0. The van der Waals surface area contributed by atoms with Gasteiger partial charge in [-0.25, -0.2) is 0 Å². The Morgan fingerprint density at radius 2 is 2.05 bits per heavy atom. The molecule has 0 aliphatic carbocycles. The van der Waals surface area contributed by atoms with Crippen molar-refractivity contribution >= 4 is 5.96 Å². The molecule has 0 bridgehead atoms. The highest BCUT2D eigenvalue weighted by Gasteiger charge is 2.12. The highest BCUT2D eigenvalue weighted by atomic mass is 16.5. The van der Waals surface area contributed by atoms with Gasteiger partial charge in [-0.2, -0.15) is 4.98 Å². The number of hydrogen-bond donors (Lipinski definition) is 2. The number of guanidine groups is 1. The molecule has 2 N–H and O–H groups in total. The van der Waals surface area contributed by atoms with Gasteiger partial charge < -0.3 is 15.2 Å². The Hall–Kier alpha value is -1.59. The van der Waals surface area contributed by atoms with E-state index in [0.717, 1.165) is 37.7 Å². The summed E-state index contributed by atoms with van der Waals surface area (Å²) < 4.78 is 5.22. The molecule has 0 saturated carbocycles. The van der Waals surface area contributed by atoms with Gasteiger partial charge in [-0.1, -0.05) is 19.0 Å². The third-order valence-corrected chi connectivity index (χ3v) is 2.66. The Labute approximate surface area is 127 Å². The van der Waals surface area contributed by atoms with E-state index in [1.54, 1.807) is 0 Å². The lowest BCUT2D eigenvalue weighted by Crippen LogP contribution is -2.47. The molecule has 0 aliphatic rings. The average molecular weight is 295 g/mol. The van der Waals surface area contributed by atoms with Crippen LogP contribution < -0.4 is 10.6 Å². The van der Waals surface area contributed by atoms with Crippen LogP contribution in [0.3, 0.4) is 0 Å². The van der Waals surface area contributed by atoms with Gasteiger partial charge in [0.05, 0.1) is 0 Å². The Kier molecular flexibility index (Phi) is 6.65. The van der Waals surface area contributed by atoms with Crippen molar-refractivity contribution in [2.24, 2.45) is 4.99 Å². The van der Waals surface area contributed by atoms with Crippen LogP contribution in [0.5, 0.6) is 0 Å². The predicted octanol–water partition coefficient (Wildman–Crippen LogP) is 2.48. The molecule has 0 unspecified atom stereocenters. The zero-order chi connectivity index (χ0) is 15.9. The van der Waals surface area contributed by atoms with Gasteiger partial charge in [0, 0.05) is 31.0 Å². The van der Waals surface area contributed by atoms with Crippen LogP contribution in [-0.2, 0) is 6.42 Å². The number of aryl methyl sites for hydroxylation is 1. The maximum atomic E-state index is 5.22. The van der Waals surface area contributed by atoms with Crippen molar-refractivity contribution in [3.63, 3.8) is 0 Å². The number of nitrogens with one attached hydrogen (secondary N) is 2. The van der Waals surface area contributed by atoms with Crippen LogP contribution in [0.2, 0.25) is 0 Å². The SMILES string of the molecule is CCNC(=NCCCc1nc(C(C)C)no1)NC(C)(C)C. The van der Waals surface area contributed by atoms with Gasteiger partial charge >= 0.3 is 0 Å². The Balaban J connectivity index is 2.43. The Bertz CT molecular complexity index is 445. The van der Waals surface area contributed by atoms with Gasteiger partial charge in [-0.05, 0) is 34.1 Å². The second kappa shape index (κ2) is 8.00. The fourth-order valence-electron chi connectivity index (χ4n) is 1.69. The summed E-state index contributed by atoms with van der Waals surface area (Å²) in [6.45, 7) is 14.1. The number of aromatic nitrogens is 2. The van der Waals surface area contributed by atoms with Gasteiger partial charge in [-0.15, -0.1) is 0 Å². The molecule has 0 radical (unpaired) electrons. The van der Waals surface area contributed by atoms with Crippen LogP contribution in [0.15, 0.2) is 9.52 Å². The van der Waals surface area contributed by atoms with Crippen LogP contribution in [0.25, 0.3) is 0 Å². The fraction of sp³-hybridized carbons (Fsp3) is 0.800. The summed E-state index contributed by atoms with van der Waals surface area (Å²) in [5.74, 6) is 2.62. The number of nitrogens with zero attached hydrogens (tertiary/aromatic N) is 3. The third-order valence-electron chi connectivity index (χ3n) is 2.66. The minimum Gasteiger partial charge on any atom is -0.357 e. The van der Waals surface area contributed by atoms with E-state index in [0.29, 0.717) is 11.8 Å². The molecule has 1 heterocycles. The van der Waals surface area contributed by atoms with Crippen LogP contribution >= 0.6 is 0 Å². The predicted molar refractivity (Wildman–Crippen MR) is 85.6 cm³/mol. The second-order valence-electron chi connectivity index (χ2n) is 6.44. The number of aliphatic imine (C=N–C) groups is 1. The minimum atomic E-state index is -0.000341. The maximum absolute atomic E-state index is 5.22. The van der Waals surface area contributed by atoms with E-state index in [4.69, 9.17) is 4.52 Å². The monoisotopic (exact) mass is 295 g/mol. The first-order chi connectivity index (χ1) is 9.81. The molecule has 0 saturated heterocycles. The lowest BCUT2D eigenvalue weighted by Gasteiger charge is -2.23. The zero-order valence-corrected chi connectivity index (χ0v) is 14.2. The molecule has 1 aromatic heterocycles. The summed E-state index contributed by atoms with van der Waals surface area (Å²) in [5.41, 5.74) is -0.000341. The number of rotatable bonds is 6. The third kappa shape index (κ3) is 7.11. The fourth-order valence-corrected chi connectivity index (χ4v) is 1.69. The van der Waals surface area contributed by atoms with Crippen molar-refractivity contribution in [2.75, 3.05) is 13.1 Å². The minimum absolute atomic E-state index is 0.000341. The normalized spacial score (nSPS) is 12.8. The van der Waals surface area contributed by atoms with Crippen LogP contribution in [0.4, 0.5) is 0 Å². The van der Waals surface area contributed by atoms with E-state index in [-0.39, 0.29) is 5.54 Å². The van der Waals surface area contributed by atoms with Crippen molar-refractivity contribution in [1.82, 2.24) is 20.8 Å². The highest BCUT2D eigenvalue weighted by molar-refractivity contribution is 5.80. The quantitative estimate of drug-likeness (QED) is 0.479. The highest BCUT2D eigenvalue weighted by Crippen LogP contribution is 2.10. The van der Waals surface area contributed by atoms with Crippen molar-refractivity contribution in [3.8, 4) is 0 Å². The smallest absolute Gasteiger partial charge is 0.226 e. The molecule has 0 aromatic carbocycles. The molecule has 6 heteroatoms. The van der Waals surface area contributed by atoms with Gasteiger partial charge in [0.15, 0.2) is 11.8 Å². The molecule has 21 heavy (non-hydrogen) atoms. The van der Waals surface area contributed by atoms with Gasteiger partial charge in [0.2, 0.25) is 5.89 Å².